The van der Waals surface area contributed by atoms with Gasteiger partial charge in [-0.1, -0.05) is 0 Å². The van der Waals surface area contributed by atoms with E-state index in [0.29, 0.717) is 10.3 Å². The average Bonchev–Trinajstić information content (AvgIpc) is 3.29. The van der Waals surface area contributed by atoms with Gasteiger partial charge in [0.1, 0.15) is 0 Å². The molecule has 124 valence electrons. The number of hydrogen-bond acceptors (Lipinski definition) is 0. The summed E-state index contributed by atoms with van der Waals surface area (Å²) in [5, 5.41) is 1.10. The minimum absolute atomic E-state index is 0.125. The first-order valence-electron chi connectivity index (χ1n) is 9.83. The first-order valence-corrected chi connectivity index (χ1v) is 17.5. The van der Waals surface area contributed by atoms with Gasteiger partial charge in [-0.05, 0) is 0 Å². The molecule has 0 saturated carbocycles. The Bertz CT molecular complexity index is 1010. The molecule has 0 aromatic carbocycles. The Labute approximate surface area is 126 Å². The van der Waals surface area contributed by atoms with E-state index in [9.17, 15) is 0 Å². The summed E-state index contributed by atoms with van der Waals surface area (Å²) < 4.78 is 1.12. The summed E-state index contributed by atoms with van der Waals surface area (Å²) in [6, 6.07) is 0. The van der Waals surface area contributed by atoms with Gasteiger partial charge in [-0.15, -0.1) is 0 Å². The summed E-state index contributed by atoms with van der Waals surface area (Å²) in [6.45, 7) is 15.5. The average molecular weight is 358 g/mol. The van der Waals surface area contributed by atoms with Gasteiger partial charge in [-0.25, -0.2) is 0 Å². The van der Waals surface area contributed by atoms with Gasteiger partial charge in [-0.2, -0.15) is 0 Å². The molecule has 10 aliphatic heterocycles. The standard InChI is InChI=1S/C15H26P.C5H5.Fe/c1-12(13-10-8-9-11-13)16(14(2,3)4)15(5,6)7;1-2-4-5-3-1;/h8-12H,1-7H3;1-5H;. The van der Waals surface area contributed by atoms with E-state index in [2.05, 4.69) is 48.5 Å². The van der Waals surface area contributed by atoms with E-state index in [0.717, 1.165) is 9.97 Å². The monoisotopic (exact) mass is 358 g/mol. The Hall–Kier alpha value is 0.949. The molecule has 0 aromatic heterocycles. The summed E-state index contributed by atoms with van der Waals surface area (Å²) in [7, 11) is 0.125. The van der Waals surface area contributed by atoms with E-state index in [1.807, 2.05) is 0 Å². The van der Waals surface area contributed by atoms with Crippen molar-refractivity contribution in [1.29, 1.82) is 0 Å². The van der Waals surface area contributed by atoms with Crippen LogP contribution in [0, 0.1) is 0 Å². The maximum absolute atomic E-state index is 2.89. The molecule has 1 spiro atoms. The van der Waals surface area contributed by atoms with Gasteiger partial charge in [0, 0.05) is 0 Å². The van der Waals surface area contributed by atoms with Crippen molar-refractivity contribution < 1.29 is 6.51 Å². The van der Waals surface area contributed by atoms with Crippen molar-refractivity contribution >= 4 is 7.92 Å². The fourth-order valence-corrected chi connectivity index (χ4v) is 103. The first-order chi connectivity index (χ1) is 9.82. The van der Waals surface area contributed by atoms with Crippen LogP contribution in [0.15, 0.2) is 0 Å². The van der Waals surface area contributed by atoms with Crippen LogP contribution in [0.2, 0.25) is 47.7 Å². The molecule has 0 N–H and O–H groups in total. The van der Waals surface area contributed by atoms with Crippen molar-refractivity contribution in [3.05, 3.63) is 0 Å². The summed E-state index contributed by atoms with van der Waals surface area (Å²) in [5.74, 6) is 0. The van der Waals surface area contributed by atoms with E-state index in [1.54, 1.807) is 0 Å². The molecule has 0 amide bonds. The Morgan fingerprint density at radius 3 is 1.27 bits per heavy atom. The van der Waals surface area contributed by atoms with Crippen molar-refractivity contribution in [3.8, 4) is 0 Å². The SMILES string of the molecule is CC(P(C(C)(C)C)C(C)(C)C)[C]12[CH]3[CH]4[CH]5[CH]1[Fe]45321678[CH]2[CH]1[CH]6[CH]7[CH]28. The molecule has 0 aliphatic carbocycles. The molecule has 0 nitrogen and oxygen atoms in total. The molecule has 5 atom stereocenters. The van der Waals surface area contributed by atoms with Crippen LogP contribution in [0.4, 0.5) is 0 Å². The first kappa shape index (κ1) is 10.8. The maximum atomic E-state index is 2.82. The molecule has 10 heterocycles. The van der Waals surface area contributed by atoms with E-state index < -0.39 is 6.51 Å². The molecule has 5 unspecified atom stereocenters. The van der Waals surface area contributed by atoms with Crippen molar-refractivity contribution in [2.24, 2.45) is 0 Å². The van der Waals surface area contributed by atoms with Crippen molar-refractivity contribution in [1.82, 2.24) is 0 Å². The quantitative estimate of drug-likeness (QED) is 0.361. The summed E-state index contributed by atoms with van der Waals surface area (Å²) in [6.07, 6.45) is 0. The normalized spacial score (nSPS) is 98.3. The van der Waals surface area contributed by atoms with Crippen LogP contribution in [-0.4, -0.2) is 16.0 Å². The molecule has 10 aliphatic rings. The minimum atomic E-state index is -2.89. The van der Waals surface area contributed by atoms with E-state index in [4.69, 9.17) is 0 Å². The zero-order valence-corrected chi connectivity index (χ0v) is 17.1. The Kier molecular flexibility index (Phi) is 0.505. The molecule has 10 saturated heterocycles. The van der Waals surface area contributed by atoms with Gasteiger partial charge in [0.25, 0.3) is 0 Å². The van der Waals surface area contributed by atoms with E-state index in [1.165, 1.54) is 43.3 Å². The van der Waals surface area contributed by atoms with Crippen LogP contribution < -0.4 is 0 Å². The molecule has 0 aromatic rings. The molecule has 22 heavy (non-hydrogen) atoms. The van der Waals surface area contributed by atoms with Gasteiger partial charge >= 0.3 is 127 Å². The van der Waals surface area contributed by atoms with Crippen LogP contribution in [0.1, 0.15) is 48.5 Å². The van der Waals surface area contributed by atoms with Crippen molar-refractivity contribution in [3.63, 3.8) is 0 Å². The molecular formula is C20H31FeP. The molecular weight excluding hydrogens is 327 g/mol. The fraction of sp³-hybridized carbons (Fsp3) is 1.00. The van der Waals surface area contributed by atoms with Gasteiger partial charge in [0.05, 0.1) is 0 Å². The van der Waals surface area contributed by atoms with Gasteiger partial charge in [0.15, 0.2) is 0 Å². The van der Waals surface area contributed by atoms with Gasteiger partial charge in [-0.3, -0.25) is 0 Å². The number of fused-ring (bicyclic) bond motifs is 10. The van der Waals surface area contributed by atoms with Crippen LogP contribution in [0.25, 0.3) is 0 Å². The zero-order valence-electron chi connectivity index (χ0n) is 15.1. The predicted molar refractivity (Wildman–Crippen MR) is 92.3 cm³/mol. The molecule has 2 heteroatoms. The van der Waals surface area contributed by atoms with Crippen LogP contribution in [0.5, 0.6) is 0 Å². The second-order valence-electron chi connectivity index (χ2n) is 15.1. The Morgan fingerprint density at radius 2 is 1.09 bits per heavy atom. The van der Waals surface area contributed by atoms with Gasteiger partial charge in [0.2, 0.25) is 0 Å². The fourth-order valence-electron chi connectivity index (χ4n) is 19.9. The second-order valence-corrected chi connectivity index (χ2v) is 42.9. The number of rotatable bonds is 2. The predicted octanol–water partition coefficient (Wildman–Crippen LogP) is 7.21. The molecule has 0 bridgehead atoms. The van der Waals surface area contributed by atoms with Crippen molar-refractivity contribution in [2.45, 2.75) is 112 Å². The Balaban J connectivity index is 1.32. The summed E-state index contributed by atoms with van der Waals surface area (Å²) in [5.41, 5.74) is 1.14. The van der Waals surface area contributed by atoms with E-state index >= 15 is 0 Å². The third-order valence-corrected chi connectivity index (χ3v) is 64.4. The second kappa shape index (κ2) is 1.02. The molecule has 0 radical (unpaired) electrons. The van der Waals surface area contributed by atoms with Crippen molar-refractivity contribution in [2.75, 3.05) is 0 Å². The zero-order chi connectivity index (χ0) is 15.2. The van der Waals surface area contributed by atoms with Crippen LogP contribution in [-0.2, 0) is 6.51 Å². The van der Waals surface area contributed by atoms with Gasteiger partial charge < -0.3 is 0 Å². The topological polar surface area (TPSA) is 0 Å². The van der Waals surface area contributed by atoms with E-state index in [-0.39, 0.29) is 7.92 Å². The van der Waals surface area contributed by atoms with Crippen LogP contribution in [0.3, 0.4) is 0 Å². The molecule has 10 rings (SSSR count). The molecule has 10 fully saturated rings. The number of hydrogen-bond donors (Lipinski definition) is 0. The summed E-state index contributed by atoms with van der Waals surface area (Å²) in [4.78, 5) is 13.5. The third kappa shape index (κ3) is 0.150. The van der Waals surface area contributed by atoms with Crippen LogP contribution >= 0.6 is 7.92 Å². The summed E-state index contributed by atoms with van der Waals surface area (Å²) >= 11 is 0. The Morgan fingerprint density at radius 1 is 0.727 bits per heavy atom. The third-order valence-electron chi connectivity index (χ3n) is 17.3.